The number of methoxy groups -OCH3 is 2. The lowest BCUT2D eigenvalue weighted by atomic mass is 9.97. The Kier molecular flexibility index (Phi) is 7.06. The van der Waals surface area contributed by atoms with Gasteiger partial charge in [0.25, 0.3) is 0 Å². The number of hydrogen-bond acceptors (Lipinski definition) is 5. The van der Waals surface area contributed by atoms with Crippen LogP contribution < -0.4 is 9.47 Å². The van der Waals surface area contributed by atoms with E-state index < -0.39 is 0 Å². The maximum absolute atomic E-state index is 12.7. The van der Waals surface area contributed by atoms with Gasteiger partial charge >= 0.3 is 5.97 Å². The van der Waals surface area contributed by atoms with Gasteiger partial charge in [-0.1, -0.05) is 0 Å². The maximum atomic E-state index is 12.7. The van der Waals surface area contributed by atoms with Crippen LogP contribution in [-0.2, 0) is 14.3 Å². The van der Waals surface area contributed by atoms with Crippen LogP contribution in [0, 0.1) is 5.92 Å². The van der Waals surface area contributed by atoms with Crippen molar-refractivity contribution in [3.8, 4) is 11.5 Å². The topological polar surface area (TPSA) is 65.1 Å². The number of carbonyl (C=O) groups excluding carboxylic acids is 2. The summed E-state index contributed by atoms with van der Waals surface area (Å²) in [4.78, 5) is 26.3. The van der Waals surface area contributed by atoms with Crippen molar-refractivity contribution in [1.29, 1.82) is 0 Å². The van der Waals surface area contributed by atoms with Gasteiger partial charge in [0.2, 0.25) is 5.91 Å². The van der Waals surface area contributed by atoms with Gasteiger partial charge in [-0.15, -0.1) is 0 Å². The van der Waals surface area contributed by atoms with Crippen molar-refractivity contribution in [3.63, 3.8) is 0 Å². The van der Waals surface area contributed by atoms with Crippen molar-refractivity contribution in [3.05, 3.63) is 29.8 Å². The Morgan fingerprint density at radius 3 is 2.69 bits per heavy atom. The quantitative estimate of drug-likeness (QED) is 0.576. The Balaban J connectivity index is 2.13. The van der Waals surface area contributed by atoms with Crippen LogP contribution in [0.4, 0.5) is 0 Å². The van der Waals surface area contributed by atoms with E-state index in [1.165, 1.54) is 0 Å². The fraction of sp³-hybridized carbons (Fsp3) is 0.500. The minimum absolute atomic E-state index is 0.102. The number of hydrogen-bond donors (Lipinski definition) is 0. The molecule has 1 aliphatic heterocycles. The van der Waals surface area contributed by atoms with Crippen LogP contribution in [-0.4, -0.2) is 50.7 Å². The van der Waals surface area contributed by atoms with Crippen molar-refractivity contribution >= 4 is 17.4 Å². The van der Waals surface area contributed by atoms with Gasteiger partial charge in [-0.2, -0.15) is 0 Å². The standard InChI is InChI=1S/C20H27NO5/c1-5-26-20(23)15-7-6-10-21(13-15)19(22)11-14(2)17-9-8-16(24-3)12-18(17)25-4/h8-9,11-12,15H,5-7,10,13H2,1-4H3/b14-11+. The third kappa shape index (κ3) is 4.77. The average molecular weight is 361 g/mol. The highest BCUT2D eigenvalue weighted by molar-refractivity contribution is 5.95. The van der Waals surface area contributed by atoms with Crippen LogP contribution in [0.15, 0.2) is 24.3 Å². The normalized spacial score (nSPS) is 17.6. The van der Waals surface area contributed by atoms with Crippen molar-refractivity contribution in [2.75, 3.05) is 33.9 Å². The summed E-state index contributed by atoms with van der Waals surface area (Å²) in [5, 5.41) is 0. The number of nitrogens with zero attached hydrogens (tertiary/aromatic N) is 1. The SMILES string of the molecule is CCOC(=O)C1CCCN(C(=O)/C=C(\C)c2ccc(OC)cc2OC)C1. The molecule has 0 radical (unpaired) electrons. The highest BCUT2D eigenvalue weighted by atomic mass is 16.5. The summed E-state index contributed by atoms with van der Waals surface area (Å²) in [5.74, 6) is 0.778. The zero-order valence-corrected chi connectivity index (χ0v) is 15.9. The van der Waals surface area contributed by atoms with Crippen LogP contribution >= 0.6 is 0 Å². The van der Waals surface area contributed by atoms with Crippen molar-refractivity contribution in [1.82, 2.24) is 4.90 Å². The van der Waals surface area contributed by atoms with E-state index in [-0.39, 0.29) is 17.8 Å². The molecule has 6 heteroatoms. The fourth-order valence-electron chi connectivity index (χ4n) is 3.11. The van der Waals surface area contributed by atoms with Gasteiger partial charge in [-0.3, -0.25) is 9.59 Å². The average Bonchev–Trinajstić information content (AvgIpc) is 2.67. The number of esters is 1. The summed E-state index contributed by atoms with van der Waals surface area (Å²) in [6, 6.07) is 5.49. The Morgan fingerprint density at radius 1 is 1.27 bits per heavy atom. The molecule has 1 fully saturated rings. The summed E-state index contributed by atoms with van der Waals surface area (Å²) in [7, 11) is 3.18. The molecule has 0 N–H and O–H groups in total. The van der Waals surface area contributed by atoms with Crippen LogP contribution in [0.3, 0.4) is 0 Å². The maximum Gasteiger partial charge on any atom is 0.310 e. The van der Waals surface area contributed by atoms with E-state index in [1.54, 1.807) is 38.2 Å². The number of ether oxygens (including phenoxy) is 3. The molecule has 2 rings (SSSR count). The predicted octanol–water partition coefficient (Wildman–Crippen LogP) is 2.91. The molecule has 0 spiro atoms. The third-order valence-corrected chi connectivity index (χ3v) is 4.53. The summed E-state index contributed by atoms with van der Waals surface area (Å²) in [5.41, 5.74) is 1.63. The van der Waals surface area contributed by atoms with Gasteiger partial charge in [-0.25, -0.2) is 0 Å². The number of benzene rings is 1. The lowest BCUT2D eigenvalue weighted by Crippen LogP contribution is -2.42. The molecule has 1 atom stereocenters. The molecule has 6 nitrogen and oxygen atoms in total. The second-order valence-corrected chi connectivity index (χ2v) is 6.27. The first-order valence-corrected chi connectivity index (χ1v) is 8.86. The third-order valence-electron chi connectivity index (χ3n) is 4.53. The summed E-state index contributed by atoms with van der Waals surface area (Å²) < 4.78 is 15.7. The van der Waals surface area contributed by atoms with Crippen LogP contribution in [0.1, 0.15) is 32.3 Å². The lowest BCUT2D eigenvalue weighted by Gasteiger charge is -2.31. The van der Waals surface area contributed by atoms with Crippen molar-refractivity contribution < 1.29 is 23.8 Å². The van der Waals surface area contributed by atoms with E-state index in [0.29, 0.717) is 31.2 Å². The van der Waals surface area contributed by atoms with E-state index in [1.807, 2.05) is 19.1 Å². The van der Waals surface area contributed by atoms with E-state index in [2.05, 4.69) is 0 Å². The molecule has 26 heavy (non-hydrogen) atoms. The second-order valence-electron chi connectivity index (χ2n) is 6.27. The van der Waals surface area contributed by atoms with Crippen LogP contribution in [0.5, 0.6) is 11.5 Å². The molecule has 1 aromatic carbocycles. The molecule has 0 aromatic heterocycles. The molecule has 1 saturated heterocycles. The first-order chi connectivity index (χ1) is 12.5. The Labute approximate surface area is 154 Å². The molecule has 1 amide bonds. The molecule has 0 bridgehead atoms. The van der Waals surface area contributed by atoms with E-state index >= 15 is 0 Å². The smallest absolute Gasteiger partial charge is 0.310 e. The molecular weight excluding hydrogens is 334 g/mol. The van der Waals surface area contributed by atoms with Gasteiger partial charge in [0.1, 0.15) is 11.5 Å². The Bertz CT molecular complexity index is 683. The van der Waals surface area contributed by atoms with E-state index in [0.717, 1.165) is 24.0 Å². The highest BCUT2D eigenvalue weighted by Crippen LogP contribution is 2.30. The number of piperidine rings is 1. The first kappa shape index (κ1) is 19.8. The van der Waals surface area contributed by atoms with E-state index in [9.17, 15) is 9.59 Å². The molecule has 142 valence electrons. The van der Waals surface area contributed by atoms with E-state index in [4.69, 9.17) is 14.2 Å². The Morgan fingerprint density at radius 2 is 2.04 bits per heavy atom. The molecule has 0 saturated carbocycles. The monoisotopic (exact) mass is 361 g/mol. The zero-order valence-electron chi connectivity index (χ0n) is 15.9. The summed E-state index contributed by atoms with van der Waals surface area (Å²) >= 11 is 0. The number of amides is 1. The number of likely N-dealkylation sites (tertiary alicyclic amines) is 1. The number of allylic oxidation sites excluding steroid dienone is 1. The van der Waals surface area contributed by atoms with Gasteiger partial charge in [0, 0.05) is 30.8 Å². The summed E-state index contributed by atoms with van der Waals surface area (Å²) in [6.45, 7) is 5.08. The number of carbonyl (C=O) groups is 2. The lowest BCUT2D eigenvalue weighted by molar-refractivity contribution is -0.150. The van der Waals surface area contributed by atoms with Crippen LogP contribution in [0.2, 0.25) is 0 Å². The molecular formula is C20H27NO5. The van der Waals surface area contributed by atoms with Crippen molar-refractivity contribution in [2.24, 2.45) is 5.92 Å². The van der Waals surface area contributed by atoms with Gasteiger partial charge in [0.05, 0.1) is 26.7 Å². The molecule has 1 unspecified atom stereocenters. The van der Waals surface area contributed by atoms with Gasteiger partial charge in [-0.05, 0) is 44.4 Å². The van der Waals surface area contributed by atoms with Crippen molar-refractivity contribution in [2.45, 2.75) is 26.7 Å². The number of rotatable bonds is 6. The Hall–Kier alpha value is -2.50. The zero-order chi connectivity index (χ0) is 19.1. The molecule has 1 aromatic rings. The fourth-order valence-corrected chi connectivity index (χ4v) is 3.11. The second kappa shape index (κ2) is 9.27. The molecule has 1 aliphatic rings. The highest BCUT2D eigenvalue weighted by Gasteiger charge is 2.28. The molecule has 1 heterocycles. The minimum atomic E-state index is -0.239. The molecule has 0 aliphatic carbocycles. The first-order valence-electron chi connectivity index (χ1n) is 8.86. The largest absolute Gasteiger partial charge is 0.497 e. The predicted molar refractivity (Wildman–Crippen MR) is 99.1 cm³/mol. The van der Waals surface area contributed by atoms with Gasteiger partial charge < -0.3 is 19.1 Å². The van der Waals surface area contributed by atoms with Gasteiger partial charge in [0.15, 0.2) is 0 Å². The minimum Gasteiger partial charge on any atom is -0.497 e. The van der Waals surface area contributed by atoms with Crippen LogP contribution in [0.25, 0.3) is 5.57 Å². The summed E-state index contributed by atoms with van der Waals surface area (Å²) in [6.07, 6.45) is 3.16.